The monoisotopic (exact) mass is 336 g/mol. The van der Waals surface area contributed by atoms with Crippen LogP contribution in [-0.4, -0.2) is 45.3 Å². The standard InChI is InChI=1S/C20H24N4O/c25-19(23-12-4-5-13-23)20(18-15-21-10-11-22-18)9-6-14-24(20)16-17-7-2-1-3-8-17/h1-3,7-8,10-11,15H,4-6,9,12-14,16H2/t20-/m1/s1. The molecule has 2 aliphatic heterocycles. The van der Waals surface area contributed by atoms with Crippen molar-refractivity contribution in [1.82, 2.24) is 19.8 Å². The van der Waals surface area contributed by atoms with Crippen molar-refractivity contribution >= 4 is 5.91 Å². The maximum atomic E-state index is 13.6. The van der Waals surface area contributed by atoms with Crippen LogP contribution in [0.1, 0.15) is 36.9 Å². The van der Waals surface area contributed by atoms with Crippen LogP contribution >= 0.6 is 0 Å². The van der Waals surface area contributed by atoms with Gasteiger partial charge in [0.2, 0.25) is 5.91 Å². The van der Waals surface area contributed by atoms with E-state index in [4.69, 9.17) is 0 Å². The first-order valence-electron chi connectivity index (χ1n) is 9.15. The molecule has 2 aromatic rings. The van der Waals surface area contributed by atoms with Crippen molar-refractivity contribution in [2.75, 3.05) is 19.6 Å². The zero-order valence-electron chi connectivity index (χ0n) is 14.5. The van der Waals surface area contributed by atoms with Gasteiger partial charge in [-0.05, 0) is 37.8 Å². The number of amides is 1. The molecule has 5 heteroatoms. The molecule has 0 N–H and O–H groups in total. The highest BCUT2D eigenvalue weighted by Crippen LogP contribution is 2.41. The van der Waals surface area contributed by atoms with Gasteiger partial charge in [0.15, 0.2) is 0 Å². The van der Waals surface area contributed by atoms with E-state index >= 15 is 0 Å². The van der Waals surface area contributed by atoms with Crippen molar-refractivity contribution in [3.63, 3.8) is 0 Å². The minimum Gasteiger partial charge on any atom is -0.341 e. The van der Waals surface area contributed by atoms with Crippen LogP contribution in [0.5, 0.6) is 0 Å². The summed E-state index contributed by atoms with van der Waals surface area (Å²) >= 11 is 0. The van der Waals surface area contributed by atoms with Gasteiger partial charge in [-0.2, -0.15) is 0 Å². The van der Waals surface area contributed by atoms with Crippen molar-refractivity contribution in [2.24, 2.45) is 0 Å². The highest BCUT2D eigenvalue weighted by Gasteiger charge is 2.52. The predicted molar refractivity (Wildman–Crippen MR) is 95.6 cm³/mol. The SMILES string of the molecule is O=C(N1CCCC1)[C@]1(c2cnccn2)CCCN1Cc1ccccc1. The largest absolute Gasteiger partial charge is 0.341 e. The van der Waals surface area contributed by atoms with Gasteiger partial charge in [0, 0.05) is 32.0 Å². The highest BCUT2D eigenvalue weighted by atomic mass is 16.2. The number of hydrogen-bond acceptors (Lipinski definition) is 4. The van der Waals surface area contributed by atoms with Crippen LogP contribution in [-0.2, 0) is 16.9 Å². The van der Waals surface area contributed by atoms with Gasteiger partial charge in [0.05, 0.1) is 11.9 Å². The van der Waals surface area contributed by atoms with Crippen molar-refractivity contribution < 1.29 is 4.79 Å². The first kappa shape index (κ1) is 16.2. The number of likely N-dealkylation sites (tertiary alicyclic amines) is 2. The number of aromatic nitrogens is 2. The van der Waals surface area contributed by atoms with Crippen molar-refractivity contribution in [3.05, 3.63) is 60.2 Å². The van der Waals surface area contributed by atoms with E-state index in [0.29, 0.717) is 0 Å². The van der Waals surface area contributed by atoms with Crippen LogP contribution in [0.4, 0.5) is 0 Å². The molecule has 1 aromatic heterocycles. The van der Waals surface area contributed by atoms with Crippen molar-refractivity contribution in [3.8, 4) is 0 Å². The summed E-state index contributed by atoms with van der Waals surface area (Å²) in [6, 6.07) is 10.4. The second-order valence-corrected chi connectivity index (χ2v) is 6.96. The van der Waals surface area contributed by atoms with Gasteiger partial charge >= 0.3 is 0 Å². The second-order valence-electron chi connectivity index (χ2n) is 6.96. The number of hydrogen-bond donors (Lipinski definition) is 0. The fourth-order valence-corrected chi connectivity index (χ4v) is 4.23. The fraction of sp³-hybridized carbons (Fsp3) is 0.450. The average Bonchev–Trinajstić information content (AvgIpc) is 3.33. The lowest BCUT2D eigenvalue weighted by molar-refractivity contribution is -0.143. The van der Waals surface area contributed by atoms with Gasteiger partial charge in [0.1, 0.15) is 5.54 Å². The van der Waals surface area contributed by atoms with Crippen LogP contribution in [0.25, 0.3) is 0 Å². The average molecular weight is 336 g/mol. The molecule has 0 unspecified atom stereocenters. The lowest BCUT2D eigenvalue weighted by atomic mass is 9.89. The van der Waals surface area contributed by atoms with E-state index in [9.17, 15) is 4.79 Å². The molecule has 0 saturated carbocycles. The molecule has 25 heavy (non-hydrogen) atoms. The number of carbonyl (C=O) groups is 1. The number of nitrogens with zero attached hydrogens (tertiary/aromatic N) is 4. The molecule has 2 aliphatic rings. The Morgan fingerprint density at radius 2 is 1.84 bits per heavy atom. The quantitative estimate of drug-likeness (QED) is 0.861. The normalized spacial score (nSPS) is 23.9. The molecule has 2 saturated heterocycles. The van der Waals surface area contributed by atoms with E-state index in [1.807, 2.05) is 11.0 Å². The molecule has 1 amide bonds. The maximum Gasteiger partial charge on any atom is 0.249 e. The molecular formula is C20H24N4O. The Balaban J connectivity index is 1.72. The van der Waals surface area contributed by atoms with E-state index in [-0.39, 0.29) is 5.91 Å². The Kier molecular flexibility index (Phi) is 4.49. The molecule has 130 valence electrons. The summed E-state index contributed by atoms with van der Waals surface area (Å²) in [6.07, 6.45) is 9.16. The zero-order chi connectivity index (χ0) is 17.1. The van der Waals surface area contributed by atoms with Crippen LogP contribution < -0.4 is 0 Å². The molecule has 0 bridgehead atoms. The minimum absolute atomic E-state index is 0.207. The summed E-state index contributed by atoms with van der Waals surface area (Å²) in [5.74, 6) is 0.207. The summed E-state index contributed by atoms with van der Waals surface area (Å²) in [6.45, 7) is 3.39. The molecule has 1 aromatic carbocycles. The molecule has 0 spiro atoms. The second kappa shape index (κ2) is 6.92. The van der Waals surface area contributed by atoms with Gasteiger partial charge in [-0.25, -0.2) is 0 Å². The summed E-state index contributed by atoms with van der Waals surface area (Å²) in [5.41, 5.74) is 1.35. The van der Waals surface area contributed by atoms with E-state index in [1.165, 1.54) is 5.56 Å². The van der Waals surface area contributed by atoms with Crippen LogP contribution in [0.3, 0.4) is 0 Å². The van der Waals surface area contributed by atoms with Gasteiger partial charge in [-0.15, -0.1) is 0 Å². The molecule has 0 aliphatic carbocycles. The Morgan fingerprint density at radius 3 is 2.56 bits per heavy atom. The van der Waals surface area contributed by atoms with E-state index in [1.54, 1.807) is 18.6 Å². The molecule has 3 heterocycles. The van der Waals surface area contributed by atoms with Crippen LogP contribution in [0.2, 0.25) is 0 Å². The summed E-state index contributed by atoms with van der Waals surface area (Å²) < 4.78 is 0. The Morgan fingerprint density at radius 1 is 1.04 bits per heavy atom. The first-order valence-corrected chi connectivity index (χ1v) is 9.15. The fourth-order valence-electron chi connectivity index (χ4n) is 4.23. The third-order valence-corrected chi connectivity index (χ3v) is 5.46. The van der Waals surface area contributed by atoms with E-state index in [2.05, 4.69) is 39.1 Å². The minimum atomic E-state index is -0.672. The zero-order valence-corrected chi connectivity index (χ0v) is 14.5. The molecule has 2 fully saturated rings. The van der Waals surface area contributed by atoms with Gasteiger partial charge in [-0.3, -0.25) is 19.7 Å². The van der Waals surface area contributed by atoms with E-state index < -0.39 is 5.54 Å². The molecule has 1 atom stereocenters. The number of benzene rings is 1. The highest BCUT2D eigenvalue weighted by molar-refractivity contribution is 5.87. The first-order chi connectivity index (χ1) is 12.3. The molecule has 4 rings (SSSR count). The van der Waals surface area contributed by atoms with E-state index in [0.717, 1.165) is 57.6 Å². The van der Waals surface area contributed by atoms with Gasteiger partial charge in [-0.1, -0.05) is 30.3 Å². The lowest BCUT2D eigenvalue weighted by Crippen LogP contribution is -2.54. The van der Waals surface area contributed by atoms with Gasteiger partial charge in [0.25, 0.3) is 0 Å². The van der Waals surface area contributed by atoms with Crippen LogP contribution in [0.15, 0.2) is 48.9 Å². The smallest absolute Gasteiger partial charge is 0.249 e. The Bertz CT molecular complexity index is 715. The van der Waals surface area contributed by atoms with Crippen LogP contribution in [0, 0.1) is 0 Å². The number of rotatable bonds is 4. The summed E-state index contributed by atoms with van der Waals surface area (Å²) in [4.78, 5) is 26.8. The van der Waals surface area contributed by atoms with Gasteiger partial charge < -0.3 is 4.90 Å². The summed E-state index contributed by atoms with van der Waals surface area (Å²) in [7, 11) is 0. The predicted octanol–water partition coefficient (Wildman–Crippen LogP) is 2.59. The maximum absolute atomic E-state index is 13.6. The lowest BCUT2D eigenvalue weighted by Gasteiger charge is -2.39. The molecule has 5 nitrogen and oxygen atoms in total. The topological polar surface area (TPSA) is 49.3 Å². The third-order valence-electron chi connectivity index (χ3n) is 5.46. The summed E-state index contributed by atoms with van der Waals surface area (Å²) in [5, 5.41) is 0. The third kappa shape index (κ3) is 2.93. The molecule has 0 radical (unpaired) electrons. The Hall–Kier alpha value is -2.27. The Labute approximate surface area is 148 Å². The van der Waals surface area contributed by atoms with Crippen molar-refractivity contribution in [2.45, 2.75) is 37.8 Å². The molecular weight excluding hydrogens is 312 g/mol. The number of carbonyl (C=O) groups excluding carboxylic acids is 1. The van der Waals surface area contributed by atoms with Crippen molar-refractivity contribution in [1.29, 1.82) is 0 Å².